The number of esters is 1. The second-order valence-corrected chi connectivity index (χ2v) is 11.0. The van der Waals surface area contributed by atoms with Crippen molar-refractivity contribution in [1.82, 2.24) is 16.0 Å². The number of hydrogen-bond acceptors (Lipinski definition) is 9. The van der Waals surface area contributed by atoms with Crippen molar-refractivity contribution in [2.24, 2.45) is 0 Å². The number of rotatable bonds is 4. The van der Waals surface area contributed by atoms with E-state index in [1.54, 1.807) is 75.4 Å². The fourth-order valence-electron chi connectivity index (χ4n) is 4.58. The van der Waals surface area contributed by atoms with Gasteiger partial charge in [-0.05, 0) is 61.7 Å². The lowest BCUT2D eigenvalue weighted by molar-refractivity contribution is -0.145. The lowest BCUT2D eigenvalue weighted by Crippen LogP contribution is -2.52. The molecular formula is C32H35N3O9. The maximum Gasteiger partial charge on any atom is 0.408 e. The van der Waals surface area contributed by atoms with Crippen molar-refractivity contribution >= 4 is 23.9 Å². The molecule has 44 heavy (non-hydrogen) atoms. The van der Waals surface area contributed by atoms with Crippen molar-refractivity contribution in [3.8, 4) is 23.0 Å². The van der Waals surface area contributed by atoms with E-state index in [2.05, 4.69) is 16.0 Å². The first kappa shape index (κ1) is 31.7. The first-order valence-corrected chi connectivity index (χ1v) is 13.8. The van der Waals surface area contributed by atoms with Gasteiger partial charge in [-0.15, -0.1) is 0 Å². The van der Waals surface area contributed by atoms with Gasteiger partial charge in [-0.2, -0.15) is 0 Å². The Labute approximate surface area is 254 Å². The molecule has 4 bridgehead atoms. The van der Waals surface area contributed by atoms with Gasteiger partial charge < -0.3 is 40.0 Å². The molecule has 232 valence electrons. The summed E-state index contributed by atoms with van der Waals surface area (Å²) < 4.78 is 21.7. The number of methoxy groups -OCH3 is 2. The number of ether oxygens (including phenoxy) is 4. The number of amides is 3. The minimum atomic E-state index is -1.42. The molecule has 0 spiro atoms. The molecule has 0 unspecified atom stereocenters. The van der Waals surface area contributed by atoms with Crippen molar-refractivity contribution in [2.75, 3.05) is 14.2 Å². The summed E-state index contributed by atoms with van der Waals surface area (Å²) in [5.74, 6) is -2.20. The molecule has 0 aliphatic carbocycles. The highest BCUT2D eigenvalue weighted by atomic mass is 16.6. The third kappa shape index (κ3) is 7.77. The molecular weight excluding hydrogens is 570 g/mol. The maximum atomic E-state index is 13.8. The summed E-state index contributed by atoms with van der Waals surface area (Å²) in [7, 11) is 2.50. The lowest BCUT2D eigenvalue weighted by Gasteiger charge is -2.27. The number of nitrogens with one attached hydrogen (secondary N) is 3. The van der Waals surface area contributed by atoms with E-state index in [0.717, 1.165) is 7.11 Å². The van der Waals surface area contributed by atoms with Gasteiger partial charge >= 0.3 is 12.1 Å². The van der Waals surface area contributed by atoms with E-state index in [9.17, 15) is 24.3 Å². The van der Waals surface area contributed by atoms with E-state index < -0.39 is 47.6 Å². The fraction of sp³-hybridized carbons (Fsp3) is 0.312. The van der Waals surface area contributed by atoms with E-state index in [4.69, 9.17) is 18.9 Å². The molecule has 2 aliphatic heterocycles. The smallest absolute Gasteiger partial charge is 0.408 e. The van der Waals surface area contributed by atoms with Gasteiger partial charge in [0.05, 0.1) is 14.2 Å². The lowest BCUT2D eigenvalue weighted by atomic mass is 10.0. The van der Waals surface area contributed by atoms with Gasteiger partial charge in [-0.25, -0.2) is 9.59 Å². The number of benzene rings is 3. The molecule has 3 aromatic carbocycles. The second-order valence-electron chi connectivity index (χ2n) is 11.0. The van der Waals surface area contributed by atoms with Crippen molar-refractivity contribution in [3.63, 3.8) is 0 Å². The molecule has 12 nitrogen and oxygen atoms in total. The molecule has 2 heterocycles. The number of fused-ring (bicyclic) bond motifs is 9. The summed E-state index contributed by atoms with van der Waals surface area (Å²) in [4.78, 5) is 53.3. The first-order valence-electron chi connectivity index (χ1n) is 13.8. The monoisotopic (exact) mass is 605 g/mol. The topological polar surface area (TPSA) is 162 Å². The highest BCUT2D eigenvalue weighted by Gasteiger charge is 2.33. The molecule has 0 saturated heterocycles. The van der Waals surface area contributed by atoms with Gasteiger partial charge in [0.25, 0.3) is 0 Å². The summed E-state index contributed by atoms with van der Waals surface area (Å²) in [5.41, 5.74) is 0.379. The van der Waals surface area contributed by atoms with Crippen molar-refractivity contribution < 1.29 is 43.2 Å². The summed E-state index contributed by atoms with van der Waals surface area (Å²) in [6.45, 7) is 5.09. The molecule has 5 rings (SSSR count). The normalized spacial score (nSPS) is 18.7. The second kappa shape index (κ2) is 13.4. The van der Waals surface area contributed by atoms with Crippen LogP contribution in [-0.4, -0.2) is 54.8 Å². The van der Waals surface area contributed by atoms with Gasteiger partial charge in [-0.3, -0.25) is 9.59 Å². The molecule has 0 radical (unpaired) electrons. The van der Waals surface area contributed by atoms with Gasteiger partial charge in [-0.1, -0.05) is 42.5 Å². The number of aromatic hydroxyl groups is 1. The summed E-state index contributed by atoms with van der Waals surface area (Å²) in [5, 5.41) is 18.7. The average Bonchev–Trinajstić information content (AvgIpc) is 2.97. The van der Waals surface area contributed by atoms with Crippen LogP contribution in [0.5, 0.6) is 23.0 Å². The number of phenolic OH excluding ortho intramolecular Hbond substituents is 1. The van der Waals surface area contributed by atoms with Crippen LogP contribution in [0.3, 0.4) is 0 Å². The third-order valence-electron chi connectivity index (χ3n) is 6.60. The Morgan fingerprint density at radius 2 is 1.61 bits per heavy atom. The molecule has 3 atom stereocenters. The average molecular weight is 606 g/mol. The maximum absolute atomic E-state index is 13.8. The molecule has 12 heteroatoms. The zero-order chi connectivity index (χ0) is 32.0. The number of carbonyl (C=O) groups is 4. The van der Waals surface area contributed by atoms with Crippen molar-refractivity contribution in [1.29, 1.82) is 0 Å². The van der Waals surface area contributed by atoms with Crippen LogP contribution >= 0.6 is 0 Å². The van der Waals surface area contributed by atoms with Gasteiger partial charge in [0.1, 0.15) is 23.4 Å². The van der Waals surface area contributed by atoms with Gasteiger partial charge in [0.2, 0.25) is 17.6 Å². The molecule has 0 saturated carbocycles. The Hall–Kier alpha value is -5.26. The highest BCUT2D eigenvalue weighted by Crippen LogP contribution is 2.41. The minimum Gasteiger partial charge on any atom is -0.504 e. The van der Waals surface area contributed by atoms with Crippen molar-refractivity contribution in [2.45, 2.75) is 50.9 Å². The predicted molar refractivity (Wildman–Crippen MR) is 158 cm³/mol. The van der Waals surface area contributed by atoms with Crippen LogP contribution in [0.15, 0.2) is 66.7 Å². The molecule has 3 aromatic rings. The molecule has 3 amide bonds. The SMILES string of the molecule is COC(=O)[C@@H]1NC(=O)[C@H](c2ccccc2)NC(=O)[C@H](NC(=O)OC(C)(C)C)Cc2ccc(cc2)Oc2cc1cc(O)c2OC. The summed E-state index contributed by atoms with van der Waals surface area (Å²) >= 11 is 0. The molecule has 0 fully saturated rings. The van der Waals surface area contributed by atoms with Crippen LogP contribution in [-0.2, 0) is 30.3 Å². The quantitative estimate of drug-likeness (QED) is 0.324. The molecule has 0 aromatic heterocycles. The van der Waals surface area contributed by atoms with E-state index in [-0.39, 0.29) is 29.2 Å². The van der Waals surface area contributed by atoms with Gasteiger partial charge in [0.15, 0.2) is 17.5 Å². The van der Waals surface area contributed by atoms with Crippen LogP contribution in [0.4, 0.5) is 4.79 Å². The largest absolute Gasteiger partial charge is 0.504 e. The highest BCUT2D eigenvalue weighted by molar-refractivity contribution is 5.94. The Kier molecular flexibility index (Phi) is 9.62. The van der Waals surface area contributed by atoms with Crippen molar-refractivity contribution in [3.05, 3.63) is 83.4 Å². The molecule has 4 N–H and O–H groups in total. The van der Waals surface area contributed by atoms with Crippen LogP contribution < -0.4 is 25.4 Å². The van der Waals surface area contributed by atoms with Crippen LogP contribution in [0.25, 0.3) is 0 Å². The van der Waals surface area contributed by atoms with E-state index in [1.165, 1.54) is 19.2 Å². The standard InChI is InChI=1S/C32H35N3O9/c1-32(2,3)44-31(40)33-22-15-18-11-13-21(14-12-18)43-24-17-20(16-23(36)27(24)41-4)26(30(39)42-5)35-29(38)25(34-28(22)37)19-9-7-6-8-10-19/h6-14,16-17,22,25-26,36H,15H2,1-5H3,(H,33,40)(H,34,37)(H,35,38)/t22-,25+,26-/m1/s1. The van der Waals surface area contributed by atoms with E-state index in [1.807, 2.05) is 0 Å². The summed E-state index contributed by atoms with van der Waals surface area (Å²) in [6, 6.07) is 13.9. The number of hydrogen-bond donors (Lipinski definition) is 4. The Balaban J connectivity index is 1.84. The third-order valence-corrected chi connectivity index (χ3v) is 6.60. The minimum absolute atomic E-state index is 0.00457. The molecule has 2 aliphatic rings. The number of alkyl carbamates (subject to hydrolysis) is 1. The van der Waals surface area contributed by atoms with Crippen LogP contribution in [0.1, 0.15) is 49.5 Å². The van der Waals surface area contributed by atoms with Crippen LogP contribution in [0.2, 0.25) is 0 Å². The fourth-order valence-corrected chi connectivity index (χ4v) is 4.58. The number of phenols is 1. The summed E-state index contributed by atoms with van der Waals surface area (Å²) in [6.07, 6.45) is -0.775. The zero-order valence-corrected chi connectivity index (χ0v) is 25.0. The first-order chi connectivity index (χ1) is 20.9. The Morgan fingerprint density at radius 3 is 2.23 bits per heavy atom. The Bertz CT molecular complexity index is 1520. The van der Waals surface area contributed by atoms with Gasteiger partial charge in [0, 0.05) is 6.42 Å². The zero-order valence-electron chi connectivity index (χ0n) is 25.0. The van der Waals surface area contributed by atoms with Crippen LogP contribution in [0, 0.1) is 0 Å². The van der Waals surface area contributed by atoms with E-state index >= 15 is 0 Å². The number of carbonyl (C=O) groups excluding carboxylic acids is 4. The Morgan fingerprint density at radius 1 is 0.932 bits per heavy atom. The predicted octanol–water partition coefficient (Wildman–Crippen LogP) is 3.83. The van der Waals surface area contributed by atoms with E-state index in [0.29, 0.717) is 16.9 Å².